The molecule has 0 bridgehead atoms. The van der Waals surface area contributed by atoms with Crippen LogP contribution >= 0.6 is 0 Å². The van der Waals surface area contributed by atoms with Crippen molar-refractivity contribution >= 4 is 23.9 Å². The Hall–Kier alpha value is -3.88. The number of carbonyl (C=O) groups is 4. The molecule has 9 heteroatoms. The highest BCUT2D eigenvalue weighted by atomic mass is 16.5. The van der Waals surface area contributed by atoms with Crippen molar-refractivity contribution in [2.75, 3.05) is 19.7 Å². The highest BCUT2D eigenvalue weighted by Gasteiger charge is 2.29. The van der Waals surface area contributed by atoms with Gasteiger partial charge in [0.15, 0.2) is 0 Å². The Kier molecular flexibility index (Phi) is 8.24. The van der Waals surface area contributed by atoms with Gasteiger partial charge in [0.05, 0.1) is 13.0 Å². The lowest BCUT2D eigenvalue weighted by molar-refractivity contribution is -0.138. The number of rotatable bonds is 10. The summed E-state index contributed by atoms with van der Waals surface area (Å²) in [7, 11) is 0. The van der Waals surface area contributed by atoms with Gasteiger partial charge in [-0.15, -0.1) is 0 Å². The van der Waals surface area contributed by atoms with Gasteiger partial charge < -0.3 is 25.8 Å². The van der Waals surface area contributed by atoms with Crippen molar-refractivity contribution in [2.45, 2.75) is 32.2 Å². The Morgan fingerprint density at radius 1 is 0.882 bits per heavy atom. The molecule has 9 nitrogen and oxygen atoms in total. The van der Waals surface area contributed by atoms with E-state index in [1.165, 1.54) is 0 Å². The van der Waals surface area contributed by atoms with Gasteiger partial charge in [0.2, 0.25) is 11.8 Å². The summed E-state index contributed by atoms with van der Waals surface area (Å²) in [6.07, 6.45) is -0.941. The van der Waals surface area contributed by atoms with Crippen molar-refractivity contribution in [3.05, 3.63) is 59.7 Å². The lowest BCUT2D eigenvalue weighted by Gasteiger charge is -2.20. The number of alkyl carbamates (subject to hydrolysis) is 1. The normalized spacial score (nSPS) is 12.9. The molecule has 3 amide bonds. The maximum Gasteiger partial charge on any atom is 0.407 e. The molecule has 0 radical (unpaired) electrons. The van der Waals surface area contributed by atoms with E-state index < -0.39 is 29.9 Å². The Morgan fingerprint density at radius 3 is 2.00 bits per heavy atom. The lowest BCUT2D eigenvalue weighted by Crippen LogP contribution is -2.46. The molecule has 2 aromatic carbocycles. The fraction of sp³-hybridized carbons (Fsp3) is 0.360. The Balaban J connectivity index is 1.42. The quantitative estimate of drug-likeness (QED) is 0.424. The molecule has 1 aliphatic carbocycles. The number of ether oxygens (including phenoxy) is 1. The van der Waals surface area contributed by atoms with Crippen LogP contribution in [-0.2, 0) is 19.1 Å². The summed E-state index contributed by atoms with van der Waals surface area (Å²) in [5.74, 6) is -2.26. The molecule has 1 aliphatic rings. The van der Waals surface area contributed by atoms with Crippen molar-refractivity contribution in [1.82, 2.24) is 16.0 Å². The molecule has 3 rings (SSSR count). The zero-order valence-electron chi connectivity index (χ0n) is 19.2. The SMILES string of the molecule is CC(C)[C@H](CC(=O)O)NC(=O)CNC(=O)CNC(=O)OCC1c2ccccc2-c2ccccc21. The molecular formula is C25H29N3O6. The van der Waals surface area contributed by atoms with Crippen LogP contribution in [0, 0.1) is 5.92 Å². The predicted octanol–water partition coefficient (Wildman–Crippen LogP) is 2.26. The highest BCUT2D eigenvalue weighted by molar-refractivity contribution is 5.87. The minimum atomic E-state index is -1.02. The van der Waals surface area contributed by atoms with E-state index in [-0.39, 0.29) is 38.0 Å². The van der Waals surface area contributed by atoms with Crippen LogP contribution in [0.1, 0.15) is 37.3 Å². The number of hydrogen-bond donors (Lipinski definition) is 4. The summed E-state index contributed by atoms with van der Waals surface area (Å²) in [5.41, 5.74) is 4.41. The Morgan fingerprint density at radius 2 is 1.44 bits per heavy atom. The van der Waals surface area contributed by atoms with Crippen molar-refractivity contribution in [2.24, 2.45) is 5.92 Å². The van der Waals surface area contributed by atoms with E-state index in [2.05, 4.69) is 16.0 Å². The number of nitrogens with one attached hydrogen (secondary N) is 3. The second-order valence-corrected chi connectivity index (χ2v) is 8.47. The van der Waals surface area contributed by atoms with E-state index in [4.69, 9.17) is 9.84 Å². The molecule has 2 aromatic rings. The van der Waals surface area contributed by atoms with Crippen molar-refractivity contribution in [3.63, 3.8) is 0 Å². The number of carboxylic acids is 1. The van der Waals surface area contributed by atoms with Crippen molar-refractivity contribution in [3.8, 4) is 11.1 Å². The topological polar surface area (TPSA) is 134 Å². The van der Waals surface area contributed by atoms with E-state index in [0.717, 1.165) is 22.3 Å². The van der Waals surface area contributed by atoms with E-state index in [1.54, 1.807) is 13.8 Å². The zero-order chi connectivity index (χ0) is 24.7. The number of carbonyl (C=O) groups excluding carboxylic acids is 3. The van der Waals surface area contributed by atoms with Gasteiger partial charge in [0.1, 0.15) is 13.2 Å². The maximum absolute atomic E-state index is 12.1. The minimum Gasteiger partial charge on any atom is -0.481 e. The molecule has 1 atom stereocenters. The van der Waals surface area contributed by atoms with Crippen LogP contribution < -0.4 is 16.0 Å². The molecular weight excluding hydrogens is 438 g/mol. The molecule has 34 heavy (non-hydrogen) atoms. The van der Waals surface area contributed by atoms with Crippen LogP contribution in [0.15, 0.2) is 48.5 Å². The monoisotopic (exact) mass is 467 g/mol. The molecule has 0 unspecified atom stereocenters. The number of amides is 3. The molecule has 0 saturated heterocycles. The summed E-state index contributed by atoms with van der Waals surface area (Å²) in [5, 5.41) is 16.3. The van der Waals surface area contributed by atoms with Gasteiger partial charge in [0, 0.05) is 12.0 Å². The van der Waals surface area contributed by atoms with E-state index in [1.807, 2.05) is 48.5 Å². The molecule has 0 aliphatic heterocycles. The summed E-state index contributed by atoms with van der Waals surface area (Å²) < 4.78 is 5.37. The first-order chi connectivity index (χ1) is 16.3. The van der Waals surface area contributed by atoms with Gasteiger partial charge in [-0.3, -0.25) is 14.4 Å². The predicted molar refractivity (Wildman–Crippen MR) is 125 cm³/mol. The van der Waals surface area contributed by atoms with Gasteiger partial charge in [-0.2, -0.15) is 0 Å². The molecule has 0 saturated carbocycles. The minimum absolute atomic E-state index is 0.0778. The molecule has 0 fully saturated rings. The smallest absolute Gasteiger partial charge is 0.407 e. The highest BCUT2D eigenvalue weighted by Crippen LogP contribution is 2.44. The van der Waals surface area contributed by atoms with Gasteiger partial charge in [-0.1, -0.05) is 62.4 Å². The summed E-state index contributed by atoms with van der Waals surface area (Å²) >= 11 is 0. The summed E-state index contributed by atoms with van der Waals surface area (Å²) in [4.78, 5) is 47.0. The number of fused-ring (bicyclic) bond motifs is 3. The molecule has 180 valence electrons. The molecule has 4 N–H and O–H groups in total. The number of aliphatic carboxylic acids is 1. The van der Waals surface area contributed by atoms with Crippen LogP contribution in [0.4, 0.5) is 4.79 Å². The van der Waals surface area contributed by atoms with Crippen LogP contribution in [0.5, 0.6) is 0 Å². The first-order valence-electron chi connectivity index (χ1n) is 11.1. The van der Waals surface area contributed by atoms with Gasteiger partial charge in [-0.05, 0) is 28.2 Å². The molecule has 0 spiro atoms. The second-order valence-electron chi connectivity index (χ2n) is 8.47. The molecule has 0 heterocycles. The Labute approximate surface area is 197 Å². The Bertz CT molecular complexity index is 1020. The third-order valence-corrected chi connectivity index (χ3v) is 5.73. The van der Waals surface area contributed by atoms with Gasteiger partial charge in [-0.25, -0.2) is 4.79 Å². The fourth-order valence-electron chi connectivity index (χ4n) is 3.94. The fourth-order valence-corrected chi connectivity index (χ4v) is 3.94. The summed E-state index contributed by atoms with van der Waals surface area (Å²) in [6.45, 7) is 3.04. The first kappa shape index (κ1) is 24.8. The van der Waals surface area contributed by atoms with E-state index >= 15 is 0 Å². The lowest BCUT2D eigenvalue weighted by atomic mass is 9.98. The third kappa shape index (κ3) is 6.34. The van der Waals surface area contributed by atoms with Crippen molar-refractivity contribution < 1.29 is 29.0 Å². The average molecular weight is 468 g/mol. The van der Waals surface area contributed by atoms with Crippen LogP contribution in [0.25, 0.3) is 11.1 Å². The zero-order valence-corrected chi connectivity index (χ0v) is 19.2. The number of benzene rings is 2. The number of hydrogen-bond acceptors (Lipinski definition) is 5. The first-order valence-corrected chi connectivity index (χ1v) is 11.1. The van der Waals surface area contributed by atoms with Crippen LogP contribution in [-0.4, -0.2) is 54.7 Å². The van der Waals surface area contributed by atoms with E-state index in [0.29, 0.717) is 0 Å². The van der Waals surface area contributed by atoms with E-state index in [9.17, 15) is 19.2 Å². The maximum atomic E-state index is 12.1. The standard InChI is InChI=1S/C25H29N3O6/c1-15(2)21(11-24(31)32)28-23(30)13-26-22(29)12-27-25(33)34-14-20-18-9-5-3-7-16(18)17-8-4-6-10-19(17)20/h3-10,15,20-21H,11-14H2,1-2H3,(H,26,29)(H,27,33)(H,28,30)(H,31,32)/t21-/m0/s1. The summed E-state index contributed by atoms with van der Waals surface area (Å²) in [6, 6.07) is 15.4. The van der Waals surface area contributed by atoms with Crippen LogP contribution in [0.2, 0.25) is 0 Å². The second kappa shape index (κ2) is 11.3. The number of carboxylic acid groups (broad SMARTS) is 1. The third-order valence-electron chi connectivity index (χ3n) is 5.73. The van der Waals surface area contributed by atoms with Crippen molar-refractivity contribution in [1.29, 1.82) is 0 Å². The van der Waals surface area contributed by atoms with Crippen LogP contribution in [0.3, 0.4) is 0 Å². The average Bonchev–Trinajstić information content (AvgIpc) is 3.13. The molecule has 0 aromatic heterocycles. The van der Waals surface area contributed by atoms with Gasteiger partial charge in [0.25, 0.3) is 0 Å². The largest absolute Gasteiger partial charge is 0.481 e. The van der Waals surface area contributed by atoms with Gasteiger partial charge >= 0.3 is 12.1 Å².